The number of aromatic nitrogens is 2. The van der Waals surface area contributed by atoms with Crippen LogP contribution in [0, 0.1) is 22.0 Å². The Morgan fingerprint density at radius 2 is 1.86 bits per heavy atom. The summed E-state index contributed by atoms with van der Waals surface area (Å²) in [6.45, 7) is 12.4. The van der Waals surface area contributed by atoms with Gasteiger partial charge in [0.1, 0.15) is 6.20 Å². The number of anilines is 2. The lowest BCUT2D eigenvalue weighted by molar-refractivity contribution is -0.384. The van der Waals surface area contributed by atoms with E-state index in [-0.39, 0.29) is 5.69 Å². The maximum Gasteiger partial charge on any atom is 0.329 e. The smallest absolute Gasteiger partial charge is 0.329 e. The van der Waals surface area contributed by atoms with Crippen LogP contribution in [0.3, 0.4) is 0 Å². The van der Waals surface area contributed by atoms with Crippen molar-refractivity contribution in [2.45, 2.75) is 34.6 Å². The van der Waals surface area contributed by atoms with Gasteiger partial charge >= 0.3 is 5.69 Å². The van der Waals surface area contributed by atoms with E-state index in [0.717, 1.165) is 13.1 Å². The molecule has 0 saturated carbocycles. The van der Waals surface area contributed by atoms with Crippen LogP contribution in [0.2, 0.25) is 0 Å². The standard InChI is InChI=1S/C14H25N5O2/c1-6-15-14-16-7-12(19(20)21)13(17-14)18(8-10(2)3)9-11(4)5/h7,10-11H,6,8-9H2,1-5H3,(H,15,16,17). The number of nitrogens with one attached hydrogen (secondary N) is 1. The first-order valence-corrected chi connectivity index (χ1v) is 7.35. The van der Waals surface area contributed by atoms with Gasteiger partial charge in [0.05, 0.1) is 4.92 Å². The molecule has 0 aliphatic heterocycles. The lowest BCUT2D eigenvalue weighted by atomic mass is 10.1. The van der Waals surface area contributed by atoms with E-state index in [0.29, 0.717) is 30.1 Å². The zero-order chi connectivity index (χ0) is 16.0. The highest BCUT2D eigenvalue weighted by atomic mass is 16.6. The zero-order valence-corrected chi connectivity index (χ0v) is 13.5. The minimum atomic E-state index is -0.418. The highest BCUT2D eigenvalue weighted by Crippen LogP contribution is 2.27. The molecule has 1 aromatic rings. The molecule has 7 nitrogen and oxygen atoms in total. The summed E-state index contributed by atoms with van der Waals surface area (Å²) in [5.74, 6) is 1.60. The van der Waals surface area contributed by atoms with Crippen LogP contribution < -0.4 is 10.2 Å². The second-order valence-corrected chi connectivity index (χ2v) is 5.88. The largest absolute Gasteiger partial charge is 0.354 e. The van der Waals surface area contributed by atoms with Gasteiger partial charge in [-0.25, -0.2) is 4.98 Å². The van der Waals surface area contributed by atoms with Gasteiger partial charge in [-0.15, -0.1) is 0 Å². The van der Waals surface area contributed by atoms with Gasteiger partial charge in [0.15, 0.2) is 0 Å². The molecule has 0 aliphatic carbocycles. The summed E-state index contributed by atoms with van der Waals surface area (Å²) in [5.41, 5.74) is -0.0436. The quantitative estimate of drug-likeness (QED) is 0.586. The molecule has 0 amide bonds. The van der Waals surface area contributed by atoms with Gasteiger partial charge in [-0.2, -0.15) is 4.98 Å². The predicted octanol–water partition coefficient (Wildman–Crippen LogP) is 2.94. The number of hydrogen-bond donors (Lipinski definition) is 1. The van der Waals surface area contributed by atoms with Gasteiger partial charge in [0.25, 0.3) is 0 Å². The number of nitro groups is 1. The Hall–Kier alpha value is -1.92. The minimum Gasteiger partial charge on any atom is -0.354 e. The minimum absolute atomic E-state index is 0.0436. The highest BCUT2D eigenvalue weighted by Gasteiger charge is 2.24. The summed E-state index contributed by atoms with van der Waals surface area (Å²) in [5, 5.41) is 14.2. The molecule has 0 bridgehead atoms. The monoisotopic (exact) mass is 295 g/mol. The SMILES string of the molecule is CCNc1ncc([N+](=O)[O-])c(N(CC(C)C)CC(C)C)n1. The summed E-state index contributed by atoms with van der Waals surface area (Å²) in [6, 6.07) is 0. The normalized spacial score (nSPS) is 11.0. The summed E-state index contributed by atoms with van der Waals surface area (Å²) < 4.78 is 0. The van der Waals surface area contributed by atoms with Crippen molar-refractivity contribution in [3.63, 3.8) is 0 Å². The van der Waals surface area contributed by atoms with Crippen molar-refractivity contribution in [3.8, 4) is 0 Å². The van der Waals surface area contributed by atoms with Crippen molar-refractivity contribution >= 4 is 17.5 Å². The van der Waals surface area contributed by atoms with Crippen LogP contribution in [0.15, 0.2) is 6.20 Å². The van der Waals surface area contributed by atoms with Crippen LogP contribution in [0.5, 0.6) is 0 Å². The lowest BCUT2D eigenvalue weighted by Gasteiger charge is -2.27. The second kappa shape index (κ2) is 7.75. The third-order valence-electron chi connectivity index (χ3n) is 2.75. The first-order valence-electron chi connectivity index (χ1n) is 7.35. The summed E-state index contributed by atoms with van der Waals surface area (Å²) in [6.07, 6.45) is 1.29. The average Bonchev–Trinajstić information content (AvgIpc) is 2.36. The van der Waals surface area contributed by atoms with E-state index in [2.05, 4.69) is 43.0 Å². The van der Waals surface area contributed by atoms with Gasteiger partial charge < -0.3 is 10.2 Å². The molecule has 0 radical (unpaired) electrons. The third-order valence-corrected chi connectivity index (χ3v) is 2.75. The molecule has 0 spiro atoms. The molecule has 0 saturated heterocycles. The van der Waals surface area contributed by atoms with Crippen molar-refractivity contribution in [1.29, 1.82) is 0 Å². The van der Waals surface area contributed by atoms with Crippen LogP contribution in [-0.2, 0) is 0 Å². The maximum atomic E-state index is 11.2. The average molecular weight is 295 g/mol. The maximum absolute atomic E-state index is 11.2. The van der Waals surface area contributed by atoms with Crippen LogP contribution >= 0.6 is 0 Å². The molecule has 0 aliphatic rings. The number of hydrogen-bond acceptors (Lipinski definition) is 6. The Morgan fingerprint density at radius 1 is 1.29 bits per heavy atom. The molecule has 21 heavy (non-hydrogen) atoms. The number of nitrogens with zero attached hydrogens (tertiary/aromatic N) is 4. The first kappa shape index (κ1) is 17.1. The molecule has 7 heteroatoms. The fraction of sp³-hybridized carbons (Fsp3) is 0.714. The van der Waals surface area contributed by atoms with Gasteiger partial charge in [-0.05, 0) is 18.8 Å². The molecule has 1 N–H and O–H groups in total. The van der Waals surface area contributed by atoms with Crippen LogP contribution in [0.4, 0.5) is 17.5 Å². The van der Waals surface area contributed by atoms with Crippen molar-refractivity contribution in [2.24, 2.45) is 11.8 Å². The molecular formula is C14H25N5O2. The van der Waals surface area contributed by atoms with Crippen molar-refractivity contribution in [1.82, 2.24) is 9.97 Å². The Morgan fingerprint density at radius 3 is 2.29 bits per heavy atom. The van der Waals surface area contributed by atoms with Crippen LogP contribution in [0.25, 0.3) is 0 Å². The predicted molar refractivity (Wildman–Crippen MR) is 84.7 cm³/mol. The van der Waals surface area contributed by atoms with Gasteiger partial charge in [-0.1, -0.05) is 27.7 Å². The van der Waals surface area contributed by atoms with E-state index in [1.165, 1.54) is 6.20 Å². The Labute approximate surface area is 125 Å². The molecule has 0 aromatic carbocycles. The molecule has 0 atom stereocenters. The molecule has 0 fully saturated rings. The second-order valence-electron chi connectivity index (χ2n) is 5.88. The van der Waals surface area contributed by atoms with E-state index in [4.69, 9.17) is 0 Å². The highest BCUT2D eigenvalue weighted by molar-refractivity contribution is 5.59. The topological polar surface area (TPSA) is 84.2 Å². The third kappa shape index (κ3) is 5.17. The Balaban J connectivity index is 3.23. The fourth-order valence-electron chi connectivity index (χ4n) is 2.10. The first-order chi connectivity index (χ1) is 9.85. The molecule has 1 rings (SSSR count). The zero-order valence-electron chi connectivity index (χ0n) is 13.5. The van der Waals surface area contributed by atoms with Crippen LogP contribution in [0.1, 0.15) is 34.6 Å². The van der Waals surface area contributed by atoms with E-state index < -0.39 is 4.92 Å². The lowest BCUT2D eigenvalue weighted by Crippen LogP contribution is -2.32. The summed E-state index contributed by atoms with van der Waals surface area (Å²) in [7, 11) is 0. The summed E-state index contributed by atoms with van der Waals surface area (Å²) in [4.78, 5) is 21.2. The molecule has 1 aromatic heterocycles. The van der Waals surface area contributed by atoms with E-state index in [1.807, 2.05) is 11.8 Å². The van der Waals surface area contributed by atoms with Gasteiger partial charge in [0.2, 0.25) is 11.8 Å². The van der Waals surface area contributed by atoms with E-state index >= 15 is 0 Å². The van der Waals surface area contributed by atoms with E-state index in [1.54, 1.807) is 0 Å². The van der Waals surface area contributed by atoms with Crippen molar-refractivity contribution in [3.05, 3.63) is 16.3 Å². The van der Waals surface area contributed by atoms with Crippen molar-refractivity contribution < 1.29 is 4.92 Å². The Kier molecular flexibility index (Phi) is 6.33. The van der Waals surface area contributed by atoms with Crippen LogP contribution in [-0.4, -0.2) is 34.5 Å². The van der Waals surface area contributed by atoms with Crippen molar-refractivity contribution in [2.75, 3.05) is 29.9 Å². The number of rotatable bonds is 8. The Bertz CT molecular complexity index is 466. The molecule has 0 unspecified atom stereocenters. The van der Waals surface area contributed by atoms with Gasteiger partial charge in [0, 0.05) is 19.6 Å². The molecule has 1 heterocycles. The van der Waals surface area contributed by atoms with Gasteiger partial charge in [-0.3, -0.25) is 10.1 Å². The molecular weight excluding hydrogens is 270 g/mol. The molecule has 118 valence electrons. The fourth-order valence-corrected chi connectivity index (χ4v) is 2.10. The summed E-state index contributed by atoms with van der Waals surface area (Å²) >= 11 is 0. The van der Waals surface area contributed by atoms with E-state index in [9.17, 15) is 10.1 Å².